The van der Waals surface area contributed by atoms with Crippen LogP contribution in [0.25, 0.3) is 22.0 Å². The Bertz CT molecular complexity index is 1060. The first-order chi connectivity index (χ1) is 13.3. The molecular weight excluding hydrogens is 334 g/mol. The molecule has 5 nitrogen and oxygen atoms in total. The Kier molecular flexibility index (Phi) is 4.05. The Hall–Kier alpha value is -3.21. The summed E-state index contributed by atoms with van der Waals surface area (Å²) in [5.74, 6) is 1.43. The van der Waals surface area contributed by atoms with E-state index >= 15 is 0 Å². The summed E-state index contributed by atoms with van der Waals surface area (Å²) in [4.78, 5) is 15.8. The molecule has 0 radical (unpaired) electrons. The maximum atomic E-state index is 4.86. The molecule has 1 atom stereocenters. The number of fused-ring (bicyclic) bond motifs is 1. The highest BCUT2D eigenvalue weighted by Gasteiger charge is 2.24. The number of imidazole rings is 1. The first-order valence-electron chi connectivity index (χ1n) is 9.38. The van der Waals surface area contributed by atoms with Gasteiger partial charge in [-0.3, -0.25) is 0 Å². The van der Waals surface area contributed by atoms with Crippen LogP contribution in [-0.4, -0.2) is 32.6 Å². The van der Waals surface area contributed by atoms with Gasteiger partial charge in [-0.2, -0.15) is 0 Å². The Balaban J connectivity index is 1.37. The van der Waals surface area contributed by atoms with Crippen molar-refractivity contribution in [1.82, 2.24) is 19.5 Å². The molecule has 0 saturated carbocycles. The standard InChI is InChI=1S/C22H21N5/c1-2-4-19-13-20(6-5-18(19)3-1)21-7-9-24-22(25-21)27-11-8-17(15-27)14-26-12-10-23-16-26/h1-7,9-10,12-13,16-17H,8,11,14-15H2/t17-/m0/s1. The van der Waals surface area contributed by atoms with Gasteiger partial charge >= 0.3 is 0 Å². The largest absolute Gasteiger partial charge is 0.340 e. The fourth-order valence-corrected chi connectivity index (χ4v) is 3.87. The molecule has 5 heteroatoms. The molecule has 0 N–H and O–H groups in total. The third-order valence-electron chi connectivity index (χ3n) is 5.28. The first-order valence-corrected chi connectivity index (χ1v) is 9.38. The maximum Gasteiger partial charge on any atom is 0.225 e. The highest BCUT2D eigenvalue weighted by Crippen LogP contribution is 2.26. The number of rotatable bonds is 4. The molecule has 0 aliphatic carbocycles. The van der Waals surface area contributed by atoms with Crippen LogP contribution in [0.3, 0.4) is 0 Å². The minimum atomic E-state index is 0.604. The van der Waals surface area contributed by atoms with Crippen molar-refractivity contribution in [2.75, 3.05) is 18.0 Å². The van der Waals surface area contributed by atoms with E-state index in [0.717, 1.165) is 43.3 Å². The van der Waals surface area contributed by atoms with Crippen molar-refractivity contribution in [3.63, 3.8) is 0 Å². The molecule has 134 valence electrons. The van der Waals surface area contributed by atoms with Crippen molar-refractivity contribution in [3.05, 3.63) is 73.4 Å². The molecule has 1 saturated heterocycles. The van der Waals surface area contributed by atoms with Gasteiger partial charge in [-0.15, -0.1) is 0 Å². The quantitative estimate of drug-likeness (QED) is 0.555. The molecule has 27 heavy (non-hydrogen) atoms. The van der Waals surface area contributed by atoms with Gasteiger partial charge in [0.2, 0.25) is 5.95 Å². The van der Waals surface area contributed by atoms with E-state index in [1.165, 1.54) is 10.8 Å². The van der Waals surface area contributed by atoms with Gasteiger partial charge in [0.05, 0.1) is 12.0 Å². The van der Waals surface area contributed by atoms with E-state index in [1.54, 1.807) is 0 Å². The normalized spacial score (nSPS) is 16.9. The fourth-order valence-electron chi connectivity index (χ4n) is 3.87. The predicted molar refractivity (Wildman–Crippen MR) is 108 cm³/mol. The van der Waals surface area contributed by atoms with Crippen LogP contribution in [0.2, 0.25) is 0 Å². The summed E-state index contributed by atoms with van der Waals surface area (Å²) in [6.07, 6.45) is 8.78. The van der Waals surface area contributed by atoms with E-state index in [9.17, 15) is 0 Å². The molecule has 1 aliphatic rings. The van der Waals surface area contributed by atoms with Crippen molar-refractivity contribution >= 4 is 16.7 Å². The Morgan fingerprint density at radius 3 is 2.81 bits per heavy atom. The van der Waals surface area contributed by atoms with E-state index in [-0.39, 0.29) is 0 Å². The van der Waals surface area contributed by atoms with Crippen LogP contribution in [0.4, 0.5) is 5.95 Å². The maximum absolute atomic E-state index is 4.86. The molecule has 3 heterocycles. The number of benzene rings is 2. The number of nitrogens with zero attached hydrogens (tertiary/aromatic N) is 5. The van der Waals surface area contributed by atoms with Gasteiger partial charge in [-0.25, -0.2) is 15.0 Å². The van der Waals surface area contributed by atoms with Gasteiger partial charge < -0.3 is 9.47 Å². The molecule has 0 bridgehead atoms. The third-order valence-corrected chi connectivity index (χ3v) is 5.28. The molecule has 2 aromatic heterocycles. The highest BCUT2D eigenvalue weighted by atomic mass is 15.3. The summed E-state index contributed by atoms with van der Waals surface area (Å²) < 4.78 is 2.15. The SMILES string of the molecule is c1ccc2cc(-c3ccnc(N4CC[C@@H](Cn5ccnc5)C4)n3)ccc2c1. The van der Waals surface area contributed by atoms with E-state index in [0.29, 0.717) is 5.92 Å². The molecule has 2 aromatic carbocycles. The summed E-state index contributed by atoms with van der Waals surface area (Å²) in [5, 5.41) is 2.48. The highest BCUT2D eigenvalue weighted by molar-refractivity contribution is 5.86. The van der Waals surface area contributed by atoms with Crippen molar-refractivity contribution < 1.29 is 0 Å². The summed E-state index contributed by atoms with van der Waals surface area (Å²) in [5.41, 5.74) is 2.11. The van der Waals surface area contributed by atoms with Gasteiger partial charge in [0.25, 0.3) is 0 Å². The predicted octanol–water partition coefficient (Wildman–Crippen LogP) is 4.02. The minimum Gasteiger partial charge on any atom is -0.340 e. The van der Waals surface area contributed by atoms with Crippen LogP contribution in [0.15, 0.2) is 73.4 Å². The fraction of sp³-hybridized carbons (Fsp3) is 0.227. The number of aromatic nitrogens is 4. The zero-order valence-electron chi connectivity index (χ0n) is 15.1. The van der Waals surface area contributed by atoms with Crippen molar-refractivity contribution in [3.8, 4) is 11.3 Å². The lowest BCUT2D eigenvalue weighted by molar-refractivity contribution is 0.485. The molecule has 1 aliphatic heterocycles. The second kappa shape index (κ2) is 6.83. The Morgan fingerprint density at radius 1 is 1.00 bits per heavy atom. The zero-order chi connectivity index (χ0) is 18.1. The molecule has 0 amide bonds. The monoisotopic (exact) mass is 355 g/mol. The minimum absolute atomic E-state index is 0.604. The van der Waals surface area contributed by atoms with Crippen LogP contribution in [0, 0.1) is 5.92 Å². The number of hydrogen-bond acceptors (Lipinski definition) is 4. The van der Waals surface area contributed by atoms with E-state index < -0.39 is 0 Å². The molecular formula is C22H21N5. The number of hydrogen-bond donors (Lipinski definition) is 0. The van der Waals surface area contributed by atoms with Crippen molar-refractivity contribution in [2.24, 2.45) is 5.92 Å². The summed E-state index contributed by atoms with van der Waals surface area (Å²) >= 11 is 0. The van der Waals surface area contributed by atoms with Crippen molar-refractivity contribution in [1.29, 1.82) is 0 Å². The topological polar surface area (TPSA) is 46.8 Å². The van der Waals surface area contributed by atoms with E-state index in [1.807, 2.05) is 31.0 Å². The van der Waals surface area contributed by atoms with Crippen LogP contribution < -0.4 is 4.90 Å². The average molecular weight is 355 g/mol. The summed E-state index contributed by atoms with van der Waals surface area (Å²) in [6.45, 7) is 2.99. The van der Waals surface area contributed by atoms with E-state index in [4.69, 9.17) is 4.98 Å². The lowest BCUT2D eigenvalue weighted by Crippen LogP contribution is -2.23. The van der Waals surface area contributed by atoms with Crippen LogP contribution in [0.1, 0.15) is 6.42 Å². The molecule has 0 unspecified atom stereocenters. The average Bonchev–Trinajstić information content (AvgIpc) is 3.40. The lowest BCUT2D eigenvalue weighted by atomic mass is 10.1. The van der Waals surface area contributed by atoms with Crippen LogP contribution in [-0.2, 0) is 6.54 Å². The second-order valence-corrected chi connectivity index (χ2v) is 7.16. The third kappa shape index (κ3) is 3.28. The molecule has 1 fully saturated rings. The lowest BCUT2D eigenvalue weighted by Gasteiger charge is -2.17. The first kappa shape index (κ1) is 16.0. The Morgan fingerprint density at radius 2 is 1.93 bits per heavy atom. The van der Waals surface area contributed by atoms with E-state index in [2.05, 4.69) is 61.9 Å². The van der Waals surface area contributed by atoms with Gasteiger partial charge in [0.1, 0.15) is 0 Å². The summed E-state index contributed by atoms with van der Waals surface area (Å²) in [6, 6.07) is 16.9. The van der Waals surface area contributed by atoms with Crippen LogP contribution >= 0.6 is 0 Å². The van der Waals surface area contributed by atoms with Gasteiger partial charge in [-0.1, -0.05) is 36.4 Å². The van der Waals surface area contributed by atoms with Gasteiger partial charge in [0.15, 0.2) is 0 Å². The number of anilines is 1. The zero-order valence-corrected chi connectivity index (χ0v) is 15.1. The van der Waals surface area contributed by atoms with Crippen molar-refractivity contribution in [2.45, 2.75) is 13.0 Å². The molecule has 5 rings (SSSR count). The summed E-state index contributed by atoms with van der Waals surface area (Å²) in [7, 11) is 0. The van der Waals surface area contributed by atoms with Gasteiger partial charge in [-0.05, 0) is 35.2 Å². The van der Waals surface area contributed by atoms with Crippen LogP contribution in [0.5, 0.6) is 0 Å². The van der Waals surface area contributed by atoms with Gasteiger partial charge in [0, 0.05) is 43.8 Å². The smallest absolute Gasteiger partial charge is 0.225 e. The molecule has 4 aromatic rings. The molecule has 0 spiro atoms. The second-order valence-electron chi connectivity index (χ2n) is 7.16. The Labute approximate surface area is 158 Å².